The van der Waals surface area contributed by atoms with Gasteiger partial charge >= 0.3 is 0 Å². The largest absolute Gasteiger partial charge is 0.359 e. The quantitative estimate of drug-likeness (QED) is 0.889. The second kappa shape index (κ2) is 5.31. The molecule has 3 nitrogen and oxygen atoms in total. The minimum Gasteiger partial charge on any atom is -0.359 e. The van der Waals surface area contributed by atoms with E-state index in [4.69, 9.17) is 0 Å². The van der Waals surface area contributed by atoms with E-state index in [0.717, 1.165) is 10.9 Å². The van der Waals surface area contributed by atoms with E-state index in [2.05, 4.69) is 15.3 Å². The molecule has 18 heavy (non-hydrogen) atoms. The summed E-state index contributed by atoms with van der Waals surface area (Å²) in [7, 11) is 0. The standard InChI is InChI=1S/C14H19N3S/c1-3-7-14(8-4-1)11-18-13(17-14)16-10-12-6-2-5-9-15-12/h2,5-6,9H,1,3-4,7-8,10-11H2,(H,16,17). The third kappa shape index (κ3) is 2.69. The fraction of sp³-hybridized carbons (Fsp3) is 0.571. The smallest absolute Gasteiger partial charge is 0.157 e. The van der Waals surface area contributed by atoms with Gasteiger partial charge in [-0.25, -0.2) is 0 Å². The second-order valence-corrected chi connectivity index (χ2v) is 6.16. The van der Waals surface area contributed by atoms with Crippen LogP contribution in [0.4, 0.5) is 0 Å². The number of nitrogens with one attached hydrogen (secondary N) is 1. The molecule has 1 N–H and O–H groups in total. The summed E-state index contributed by atoms with van der Waals surface area (Å²) in [6.07, 6.45) is 8.56. The molecule has 0 aromatic carbocycles. The summed E-state index contributed by atoms with van der Waals surface area (Å²) in [6.45, 7) is 0.687. The summed E-state index contributed by atoms with van der Waals surface area (Å²) < 4.78 is 0. The van der Waals surface area contributed by atoms with Crippen LogP contribution in [0.2, 0.25) is 0 Å². The molecule has 1 saturated carbocycles. The summed E-state index contributed by atoms with van der Waals surface area (Å²) in [6, 6.07) is 5.98. The van der Waals surface area contributed by atoms with Gasteiger partial charge in [-0.15, -0.1) is 0 Å². The lowest BCUT2D eigenvalue weighted by Crippen LogP contribution is -2.45. The first kappa shape index (κ1) is 12.0. The molecule has 1 aliphatic carbocycles. The molecule has 4 heteroatoms. The van der Waals surface area contributed by atoms with Crippen LogP contribution in [0.15, 0.2) is 29.4 Å². The normalized spacial score (nSPS) is 24.3. The highest BCUT2D eigenvalue weighted by atomic mass is 32.2. The molecular formula is C14H19N3S. The van der Waals surface area contributed by atoms with E-state index in [1.54, 1.807) is 0 Å². The van der Waals surface area contributed by atoms with Gasteiger partial charge in [0.05, 0.1) is 12.2 Å². The van der Waals surface area contributed by atoms with Crippen molar-refractivity contribution < 1.29 is 0 Å². The monoisotopic (exact) mass is 261 g/mol. The van der Waals surface area contributed by atoms with Crippen molar-refractivity contribution in [3.8, 4) is 0 Å². The van der Waals surface area contributed by atoms with Crippen LogP contribution in [-0.4, -0.2) is 21.4 Å². The highest BCUT2D eigenvalue weighted by Crippen LogP contribution is 2.36. The molecule has 2 aliphatic rings. The molecule has 1 aromatic heterocycles. The van der Waals surface area contributed by atoms with E-state index in [9.17, 15) is 0 Å². The van der Waals surface area contributed by atoms with Crippen LogP contribution in [-0.2, 0) is 6.54 Å². The topological polar surface area (TPSA) is 37.3 Å². The van der Waals surface area contributed by atoms with Crippen molar-refractivity contribution in [2.24, 2.45) is 4.99 Å². The lowest BCUT2D eigenvalue weighted by Gasteiger charge is -2.32. The molecule has 0 atom stereocenters. The van der Waals surface area contributed by atoms with Gasteiger partial charge in [-0.3, -0.25) is 9.98 Å². The van der Waals surface area contributed by atoms with E-state index in [1.807, 2.05) is 36.2 Å². The van der Waals surface area contributed by atoms with Gasteiger partial charge in [0, 0.05) is 17.5 Å². The summed E-state index contributed by atoms with van der Waals surface area (Å²) in [5.41, 5.74) is 1.39. The van der Waals surface area contributed by atoms with Gasteiger partial charge in [0.2, 0.25) is 0 Å². The van der Waals surface area contributed by atoms with Crippen LogP contribution in [0.1, 0.15) is 37.8 Å². The van der Waals surface area contributed by atoms with Gasteiger partial charge in [-0.05, 0) is 25.0 Å². The Morgan fingerprint density at radius 1 is 1.28 bits per heavy atom. The number of aliphatic imine (C=N–C) groups is 1. The van der Waals surface area contributed by atoms with Crippen molar-refractivity contribution in [2.45, 2.75) is 44.2 Å². The predicted molar refractivity (Wildman–Crippen MR) is 76.8 cm³/mol. The van der Waals surface area contributed by atoms with Crippen molar-refractivity contribution >= 4 is 16.9 Å². The Morgan fingerprint density at radius 2 is 2.17 bits per heavy atom. The van der Waals surface area contributed by atoms with E-state index in [0.29, 0.717) is 12.1 Å². The van der Waals surface area contributed by atoms with Gasteiger partial charge in [-0.2, -0.15) is 0 Å². The Balaban J connectivity index is 1.61. The molecule has 1 aliphatic heterocycles. The first-order valence-corrected chi connectivity index (χ1v) is 7.70. The highest BCUT2D eigenvalue weighted by molar-refractivity contribution is 8.14. The SMILES string of the molecule is c1ccc(CN=C2NC3(CCCCC3)CS2)nc1. The van der Waals surface area contributed by atoms with Gasteiger partial charge in [-0.1, -0.05) is 37.1 Å². The molecule has 0 amide bonds. The number of amidine groups is 1. The Labute approximate surface area is 112 Å². The molecule has 96 valence electrons. The van der Waals surface area contributed by atoms with Crippen LogP contribution in [0.5, 0.6) is 0 Å². The lowest BCUT2D eigenvalue weighted by molar-refractivity contribution is 0.303. The third-order valence-electron chi connectivity index (χ3n) is 3.78. The Bertz CT molecular complexity index is 424. The van der Waals surface area contributed by atoms with Crippen LogP contribution in [0.3, 0.4) is 0 Å². The van der Waals surface area contributed by atoms with Crippen molar-refractivity contribution in [3.05, 3.63) is 30.1 Å². The van der Waals surface area contributed by atoms with Crippen LogP contribution in [0, 0.1) is 0 Å². The number of rotatable bonds is 2. The number of thioether (sulfide) groups is 1. The first-order chi connectivity index (χ1) is 8.86. The predicted octanol–water partition coefficient (Wildman–Crippen LogP) is 2.98. The van der Waals surface area contributed by atoms with E-state index < -0.39 is 0 Å². The van der Waals surface area contributed by atoms with E-state index in [-0.39, 0.29) is 0 Å². The molecule has 1 spiro atoms. The lowest BCUT2D eigenvalue weighted by atomic mass is 9.83. The summed E-state index contributed by atoms with van der Waals surface area (Å²) in [4.78, 5) is 8.95. The van der Waals surface area contributed by atoms with Gasteiger partial charge in [0.25, 0.3) is 0 Å². The second-order valence-electron chi connectivity index (χ2n) is 5.20. The molecule has 2 heterocycles. The number of nitrogens with zero attached hydrogens (tertiary/aromatic N) is 2. The minimum absolute atomic E-state index is 0.353. The molecule has 0 unspecified atom stereocenters. The van der Waals surface area contributed by atoms with Crippen molar-refractivity contribution in [3.63, 3.8) is 0 Å². The third-order valence-corrected chi connectivity index (χ3v) is 4.98. The zero-order valence-electron chi connectivity index (χ0n) is 10.6. The van der Waals surface area contributed by atoms with Crippen LogP contribution >= 0.6 is 11.8 Å². The van der Waals surface area contributed by atoms with Gasteiger partial charge < -0.3 is 5.32 Å². The molecule has 1 aromatic rings. The Kier molecular flexibility index (Phi) is 3.55. The maximum absolute atomic E-state index is 4.65. The Morgan fingerprint density at radius 3 is 2.94 bits per heavy atom. The summed E-state index contributed by atoms with van der Waals surface area (Å²) in [5.74, 6) is 1.19. The summed E-state index contributed by atoms with van der Waals surface area (Å²) >= 11 is 1.88. The molecule has 2 fully saturated rings. The van der Waals surface area contributed by atoms with Gasteiger partial charge in [0.15, 0.2) is 5.17 Å². The zero-order valence-corrected chi connectivity index (χ0v) is 11.4. The Hall–Kier alpha value is -1.03. The van der Waals surface area contributed by atoms with Crippen molar-refractivity contribution in [1.29, 1.82) is 0 Å². The van der Waals surface area contributed by atoms with E-state index in [1.165, 1.54) is 37.9 Å². The van der Waals surface area contributed by atoms with E-state index >= 15 is 0 Å². The average molecular weight is 261 g/mol. The van der Waals surface area contributed by atoms with Crippen molar-refractivity contribution in [2.75, 3.05) is 5.75 Å². The average Bonchev–Trinajstić information content (AvgIpc) is 2.82. The number of pyridine rings is 1. The molecule has 0 radical (unpaired) electrons. The number of hydrogen-bond donors (Lipinski definition) is 1. The maximum atomic E-state index is 4.65. The first-order valence-electron chi connectivity index (χ1n) is 6.72. The molecule has 1 saturated heterocycles. The molecular weight excluding hydrogens is 242 g/mol. The molecule has 0 bridgehead atoms. The fourth-order valence-corrected chi connectivity index (χ4v) is 3.95. The van der Waals surface area contributed by atoms with Gasteiger partial charge in [0.1, 0.15) is 0 Å². The summed E-state index contributed by atoms with van der Waals surface area (Å²) in [5, 5.41) is 4.78. The number of hydrogen-bond acceptors (Lipinski definition) is 3. The van der Waals surface area contributed by atoms with Crippen LogP contribution < -0.4 is 5.32 Å². The minimum atomic E-state index is 0.353. The number of aromatic nitrogens is 1. The zero-order chi connectivity index (χ0) is 12.3. The molecule has 3 rings (SSSR count). The maximum Gasteiger partial charge on any atom is 0.157 e. The fourth-order valence-electron chi connectivity index (χ4n) is 2.73. The van der Waals surface area contributed by atoms with Crippen LogP contribution in [0.25, 0.3) is 0 Å². The highest BCUT2D eigenvalue weighted by Gasteiger charge is 2.37. The van der Waals surface area contributed by atoms with Crippen molar-refractivity contribution in [1.82, 2.24) is 10.3 Å².